The highest BCUT2D eigenvalue weighted by Gasteiger charge is 1.95. The van der Waals surface area contributed by atoms with Crippen LogP contribution in [0.25, 0.3) is 0 Å². The Bertz CT molecular complexity index is 253. The number of nitrogens with zero attached hydrogens (tertiary/aromatic N) is 2. The van der Waals surface area contributed by atoms with Crippen molar-refractivity contribution < 1.29 is 0 Å². The van der Waals surface area contributed by atoms with E-state index in [4.69, 9.17) is 0 Å². The molecule has 0 atom stereocenters. The number of aromatic nitrogens is 2. The molecule has 0 N–H and O–H groups in total. The van der Waals surface area contributed by atoms with Gasteiger partial charge in [-0.3, -0.25) is 0 Å². The fraction of sp³-hybridized carbons (Fsp3) is 0.769. The summed E-state index contributed by atoms with van der Waals surface area (Å²) >= 11 is 0. The molecule has 1 aromatic heterocycles. The van der Waals surface area contributed by atoms with Gasteiger partial charge in [0.05, 0.1) is 12.0 Å². The van der Waals surface area contributed by atoms with Crippen molar-refractivity contribution in [1.82, 2.24) is 9.55 Å². The predicted molar refractivity (Wildman–Crippen MR) is 65.0 cm³/mol. The van der Waals surface area contributed by atoms with Crippen molar-refractivity contribution in [3.05, 3.63) is 18.2 Å². The normalized spacial score (nSPS) is 10.8. The number of aryl methyl sites for hydroxylation is 2. The summed E-state index contributed by atoms with van der Waals surface area (Å²) < 4.78 is 2.22. The van der Waals surface area contributed by atoms with Gasteiger partial charge in [-0.2, -0.15) is 0 Å². The molecule has 1 aromatic rings. The Hall–Kier alpha value is -0.790. The minimum absolute atomic E-state index is 1.05. The Morgan fingerprint density at radius 3 is 2.47 bits per heavy atom. The molecule has 0 fully saturated rings. The molecule has 2 nitrogen and oxygen atoms in total. The van der Waals surface area contributed by atoms with Gasteiger partial charge in [0.1, 0.15) is 0 Å². The van der Waals surface area contributed by atoms with Gasteiger partial charge in [-0.1, -0.05) is 46.0 Å². The largest absolute Gasteiger partial charge is 0.337 e. The van der Waals surface area contributed by atoms with Gasteiger partial charge < -0.3 is 4.57 Å². The fourth-order valence-electron chi connectivity index (χ4n) is 1.79. The lowest BCUT2D eigenvalue weighted by Crippen LogP contribution is -1.94. The quantitative estimate of drug-likeness (QED) is 0.594. The molecular formula is C13H24N2. The minimum Gasteiger partial charge on any atom is -0.337 e. The van der Waals surface area contributed by atoms with Gasteiger partial charge in [0.2, 0.25) is 0 Å². The van der Waals surface area contributed by atoms with Gasteiger partial charge >= 0.3 is 0 Å². The highest BCUT2D eigenvalue weighted by molar-refractivity contribution is 4.95. The van der Waals surface area contributed by atoms with Gasteiger partial charge in [0.25, 0.3) is 0 Å². The summed E-state index contributed by atoms with van der Waals surface area (Å²) in [5.74, 6) is 0. The molecule has 0 radical (unpaired) electrons. The number of imidazole rings is 1. The molecule has 0 bridgehead atoms. The Morgan fingerprint density at radius 2 is 1.80 bits per heavy atom. The zero-order valence-corrected chi connectivity index (χ0v) is 10.2. The molecule has 1 heterocycles. The van der Waals surface area contributed by atoms with Crippen LogP contribution in [0, 0.1) is 0 Å². The van der Waals surface area contributed by atoms with Gasteiger partial charge in [-0.25, -0.2) is 4.98 Å². The molecule has 86 valence electrons. The minimum atomic E-state index is 1.05. The standard InChI is InChI=1S/C13H24N2/c1-3-5-6-7-8-9-10-15-11-13(4-2)14-12-15/h11-12H,3-10H2,1-2H3. The van der Waals surface area contributed by atoms with Crippen LogP contribution in [0.3, 0.4) is 0 Å². The molecule has 1 rings (SSSR count). The molecule has 0 aromatic carbocycles. The van der Waals surface area contributed by atoms with Crippen LogP contribution in [0.4, 0.5) is 0 Å². The van der Waals surface area contributed by atoms with E-state index in [-0.39, 0.29) is 0 Å². The first-order valence-electron chi connectivity index (χ1n) is 6.37. The van der Waals surface area contributed by atoms with E-state index in [1.165, 1.54) is 44.2 Å². The lowest BCUT2D eigenvalue weighted by Gasteiger charge is -2.01. The van der Waals surface area contributed by atoms with E-state index < -0.39 is 0 Å². The molecule has 15 heavy (non-hydrogen) atoms. The van der Waals surface area contributed by atoms with Crippen molar-refractivity contribution in [2.75, 3.05) is 0 Å². The van der Waals surface area contributed by atoms with E-state index in [2.05, 4.69) is 29.6 Å². The van der Waals surface area contributed by atoms with Crippen LogP contribution in [-0.4, -0.2) is 9.55 Å². The molecule has 2 heteroatoms. The number of unbranched alkanes of at least 4 members (excludes halogenated alkanes) is 5. The Labute approximate surface area is 93.7 Å². The first kappa shape index (κ1) is 12.3. The maximum Gasteiger partial charge on any atom is 0.0949 e. The van der Waals surface area contributed by atoms with Gasteiger partial charge in [0.15, 0.2) is 0 Å². The van der Waals surface area contributed by atoms with Crippen molar-refractivity contribution in [2.24, 2.45) is 0 Å². The second-order valence-electron chi connectivity index (χ2n) is 4.22. The molecule has 0 amide bonds. The summed E-state index contributed by atoms with van der Waals surface area (Å²) in [4.78, 5) is 4.33. The van der Waals surface area contributed by atoms with Gasteiger partial charge in [0, 0.05) is 12.7 Å². The Balaban J connectivity index is 2.04. The number of rotatable bonds is 8. The Kier molecular flexibility index (Phi) is 6.14. The van der Waals surface area contributed by atoms with E-state index in [0.717, 1.165) is 13.0 Å². The van der Waals surface area contributed by atoms with Crippen molar-refractivity contribution in [1.29, 1.82) is 0 Å². The first-order chi connectivity index (χ1) is 7.36. The second kappa shape index (κ2) is 7.49. The SMILES string of the molecule is CCCCCCCCn1cnc(CC)c1. The molecule has 0 aliphatic heterocycles. The smallest absolute Gasteiger partial charge is 0.0949 e. The third-order valence-electron chi connectivity index (χ3n) is 2.82. The van der Waals surface area contributed by atoms with Crippen molar-refractivity contribution in [3.8, 4) is 0 Å². The number of hydrogen-bond acceptors (Lipinski definition) is 1. The summed E-state index contributed by atoms with van der Waals surface area (Å²) in [5.41, 5.74) is 1.21. The molecule has 0 spiro atoms. The van der Waals surface area contributed by atoms with Crippen molar-refractivity contribution in [3.63, 3.8) is 0 Å². The van der Waals surface area contributed by atoms with Crippen LogP contribution in [-0.2, 0) is 13.0 Å². The average molecular weight is 208 g/mol. The first-order valence-corrected chi connectivity index (χ1v) is 6.37. The van der Waals surface area contributed by atoms with Crippen LogP contribution in [0.2, 0.25) is 0 Å². The van der Waals surface area contributed by atoms with E-state index in [1.807, 2.05) is 6.33 Å². The second-order valence-corrected chi connectivity index (χ2v) is 4.22. The highest BCUT2D eigenvalue weighted by Crippen LogP contribution is 2.06. The van der Waals surface area contributed by atoms with Gasteiger partial charge in [-0.05, 0) is 12.8 Å². The zero-order chi connectivity index (χ0) is 10.9. The van der Waals surface area contributed by atoms with Crippen LogP contribution in [0.15, 0.2) is 12.5 Å². The van der Waals surface area contributed by atoms with Crippen LogP contribution < -0.4 is 0 Å². The summed E-state index contributed by atoms with van der Waals surface area (Å²) in [6.45, 7) is 5.55. The van der Waals surface area contributed by atoms with E-state index >= 15 is 0 Å². The Morgan fingerprint density at radius 1 is 1.07 bits per heavy atom. The highest BCUT2D eigenvalue weighted by atomic mass is 15.0. The average Bonchev–Trinajstić information content (AvgIpc) is 2.71. The van der Waals surface area contributed by atoms with Crippen LogP contribution in [0.5, 0.6) is 0 Å². The van der Waals surface area contributed by atoms with Crippen LogP contribution in [0.1, 0.15) is 58.1 Å². The van der Waals surface area contributed by atoms with Crippen molar-refractivity contribution >= 4 is 0 Å². The fourth-order valence-corrected chi connectivity index (χ4v) is 1.79. The third-order valence-corrected chi connectivity index (χ3v) is 2.82. The molecule has 0 unspecified atom stereocenters. The van der Waals surface area contributed by atoms with Crippen LogP contribution >= 0.6 is 0 Å². The summed E-state index contributed by atoms with van der Waals surface area (Å²) in [7, 11) is 0. The molecule has 0 saturated heterocycles. The molecule has 0 aliphatic carbocycles. The summed E-state index contributed by atoms with van der Waals surface area (Å²) in [6, 6.07) is 0. The third kappa shape index (κ3) is 5.01. The lowest BCUT2D eigenvalue weighted by molar-refractivity contribution is 0.557. The van der Waals surface area contributed by atoms with Gasteiger partial charge in [-0.15, -0.1) is 0 Å². The maximum absolute atomic E-state index is 4.33. The van der Waals surface area contributed by atoms with E-state index in [1.54, 1.807) is 0 Å². The summed E-state index contributed by atoms with van der Waals surface area (Å²) in [6.07, 6.45) is 13.4. The van der Waals surface area contributed by atoms with E-state index in [0.29, 0.717) is 0 Å². The predicted octanol–water partition coefficient (Wildman–Crippen LogP) is 3.81. The molecule has 0 saturated carbocycles. The molecule has 0 aliphatic rings. The topological polar surface area (TPSA) is 17.8 Å². The monoisotopic (exact) mass is 208 g/mol. The maximum atomic E-state index is 4.33. The zero-order valence-electron chi connectivity index (χ0n) is 10.2. The lowest BCUT2D eigenvalue weighted by atomic mass is 10.1. The number of hydrogen-bond donors (Lipinski definition) is 0. The summed E-state index contributed by atoms with van der Waals surface area (Å²) in [5, 5.41) is 0. The van der Waals surface area contributed by atoms with E-state index in [9.17, 15) is 0 Å². The molecular weight excluding hydrogens is 184 g/mol. The van der Waals surface area contributed by atoms with Crippen molar-refractivity contribution in [2.45, 2.75) is 65.3 Å².